The first kappa shape index (κ1) is 13.8. The Morgan fingerprint density at radius 2 is 2.21 bits per heavy atom. The van der Waals surface area contributed by atoms with Gasteiger partial charge in [-0.2, -0.15) is 0 Å². The van der Waals surface area contributed by atoms with Crippen LogP contribution in [-0.2, 0) is 4.74 Å². The van der Waals surface area contributed by atoms with Gasteiger partial charge in [-0.3, -0.25) is 4.98 Å². The minimum Gasteiger partial charge on any atom is -0.459 e. The van der Waals surface area contributed by atoms with E-state index in [1.807, 2.05) is 0 Å². The summed E-state index contributed by atoms with van der Waals surface area (Å²) in [7, 11) is 0. The monoisotopic (exact) mass is 262 g/mol. The molecule has 1 aromatic heterocycles. The molecule has 2 unspecified atom stereocenters. The second-order valence-electron chi connectivity index (χ2n) is 6.40. The van der Waals surface area contributed by atoms with Crippen molar-refractivity contribution in [2.75, 3.05) is 5.73 Å². The van der Waals surface area contributed by atoms with Gasteiger partial charge in [0.1, 0.15) is 6.10 Å². The molecule has 0 bridgehead atoms. The molecule has 1 aromatic rings. The van der Waals surface area contributed by atoms with Crippen LogP contribution in [-0.4, -0.2) is 17.1 Å². The molecule has 0 amide bonds. The maximum atomic E-state index is 12.1. The lowest BCUT2D eigenvalue weighted by Crippen LogP contribution is -2.34. The summed E-state index contributed by atoms with van der Waals surface area (Å²) in [5, 5.41) is 0. The SMILES string of the molecule is CC1CC(OC(=O)c2ccncc2N)CC(C)(C)C1. The third kappa shape index (κ3) is 3.46. The fourth-order valence-corrected chi connectivity index (χ4v) is 3.16. The molecule has 0 radical (unpaired) electrons. The summed E-state index contributed by atoms with van der Waals surface area (Å²) in [6.07, 6.45) is 6.04. The Morgan fingerprint density at radius 3 is 2.84 bits per heavy atom. The normalized spacial score (nSPS) is 25.8. The highest BCUT2D eigenvalue weighted by molar-refractivity contribution is 5.94. The Labute approximate surface area is 114 Å². The summed E-state index contributed by atoms with van der Waals surface area (Å²) < 4.78 is 5.62. The summed E-state index contributed by atoms with van der Waals surface area (Å²) >= 11 is 0. The molecule has 0 aliphatic heterocycles. The average molecular weight is 262 g/mol. The lowest BCUT2D eigenvalue weighted by atomic mass is 9.71. The number of pyridine rings is 1. The zero-order chi connectivity index (χ0) is 14.0. The van der Waals surface area contributed by atoms with E-state index in [9.17, 15) is 4.79 Å². The molecule has 2 N–H and O–H groups in total. The minimum atomic E-state index is -0.338. The number of anilines is 1. The van der Waals surface area contributed by atoms with Crippen molar-refractivity contribution in [1.29, 1.82) is 0 Å². The van der Waals surface area contributed by atoms with E-state index in [4.69, 9.17) is 10.5 Å². The lowest BCUT2D eigenvalue weighted by molar-refractivity contribution is -0.00705. The zero-order valence-electron chi connectivity index (χ0n) is 11.8. The predicted molar refractivity (Wildman–Crippen MR) is 74.6 cm³/mol. The number of nitrogens with two attached hydrogens (primary N) is 1. The maximum Gasteiger partial charge on any atom is 0.340 e. The summed E-state index contributed by atoms with van der Waals surface area (Å²) in [4.78, 5) is 16.0. The van der Waals surface area contributed by atoms with Crippen molar-refractivity contribution in [2.45, 2.75) is 46.1 Å². The summed E-state index contributed by atoms with van der Waals surface area (Å²) in [6, 6.07) is 1.61. The Kier molecular flexibility index (Phi) is 3.78. The lowest BCUT2D eigenvalue weighted by Gasteiger charge is -2.38. The van der Waals surface area contributed by atoms with Crippen LogP contribution in [0.4, 0.5) is 5.69 Å². The first-order valence-electron chi connectivity index (χ1n) is 6.78. The molecule has 0 aromatic carbocycles. The molecular formula is C15H22N2O2. The van der Waals surface area contributed by atoms with Gasteiger partial charge in [0.15, 0.2) is 0 Å². The third-order valence-corrected chi connectivity index (χ3v) is 3.69. The number of hydrogen-bond acceptors (Lipinski definition) is 4. The van der Waals surface area contributed by atoms with Crippen LogP contribution in [0.25, 0.3) is 0 Å². The number of nitrogens with zero attached hydrogens (tertiary/aromatic N) is 1. The summed E-state index contributed by atoms with van der Waals surface area (Å²) in [5.41, 5.74) is 6.75. The first-order valence-corrected chi connectivity index (χ1v) is 6.78. The van der Waals surface area contributed by atoms with Gasteiger partial charge in [-0.1, -0.05) is 20.8 Å². The maximum absolute atomic E-state index is 12.1. The van der Waals surface area contributed by atoms with Gasteiger partial charge < -0.3 is 10.5 Å². The van der Waals surface area contributed by atoms with Crippen LogP contribution in [0.2, 0.25) is 0 Å². The van der Waals surface area contributed by atoms with E-state index < -0.39 is 0 Å². The van der Waals surface area contributed by atoms with E-state index >= 15 is 0 Å². The standard InChI is InChI=1S/C15H22N2O2/c1-10-6-11(8-15(2,3)7-10)19-14(18)12-4-5-17-9-13(12)16/h4-5,9-11H,6-8,16H2,1-3H3. The molecule has 4 heteroatoms. The summed E-state index contributed by atoms with van der Waals surface area (Å²) in [5.74, 6) is 0.242. The largest absolute Gasteiger partial charge is 0.459 e. The molecule has 2 atom stereocenters. The van der Waals surface area contributed by atoms with Crippen molar-refractivity contribution >= 4 is 11.7 Å². The summed E-state index contributed by atoms with van der Waals surface area (Å²) in [6.45, 7) is 6.66. The fourth-order valence-electron chi connectivity index (χ4n) is 3.16. The van der Waals surface area contributed by atoms with E-state index in [0.29, 0.717) is 17.2 Å². The molecule has 1 aliphatic carbocycles. The molecule has 1 saturated carbocycles. The van der Waals surface area contributed by atoms with Gasteiger partial charge in [0, 0.05) is 6.20 Å². The van der Waals surface area contributed by atoms with Gasteiger partial charge >= 0.3 is 5.97 Å². The van der Waals surface area contributed by atoms with Crippen LogP contribution in [0.15, 0.2) is 18.5 Å². The van der Waals surface area contributed by atoms with Crippen LogP contribution in [0.3, 0.4) is 0 Å². The molecule has 2 rings (SSSR count). The number of ether oxygens (including phenoxy) is 1. The second-order valence-corrected chi connectivity index (χ2v) is 6.40. The Morgan fingerprint density at radius 1 is 1.47 bits per heavy atom. The van der Waals surface area contributed by atoms with Crippen molar-refractivity contribution in [2.24, 2.45) is 11.3 Å². The average Bonchev–Trinajstić information content (AvgIpc) is 2.26. The number of nitrogen functional groups attached to an aromatic ring is 1. The van der Waals surface area contributed by atoms with Gasteiger partial charge in [-0.25, -0.2) is 4.79 Å². The number of rotatable bonds is 2. The molecule has 0 saturated heterocycles. The van der Waals surface area contributed by atoms with Gasteiger partial charge in [-0.05, 0) is 36.7 Å². The predicted octanol–water partition coefficient (Wildman–Crippen LogP) is 3.04. The third-order valence-electron chi connectivity index (χ3n) is 3.69. The fraction of sp³-hybridized carbons (Fsp3) is 0.600. The van der Waals surface area contributed by atoms with Crippen molar-refractivity contribution in [1.82, 2.24) is 4.98 Å². The van der Waals surface area contributed by atoms with Gasteiger partial charge in [0.25, 0.3) is 0 Å². The molecule has 4 nitrogen and oxygen atoms in total. The van der Waals surface area contributed by atoms with Gasteiger partial charge in [0.05, 0.1) is 17.4 Å². The molecular weight excluding hydrogens is 240 g/mol. The number of carbonyl (C=O) groups excluding carboxylic acids is 1. The highest BCUT2D eigenvalue weighted by atomic mass is 16.5. The van der Waals surface area contributed by atoms with Crippen LogP contribution in [0.5, 0.6) is 0 Å². The van der Waals surface area contributed by atoms with E-state index in [2.05, 4.69) is 25.8 Å². The number of esters is 1. The second kappa shape index (κ2) is 5.19. The van der Waals surface area contributed by atoms with Gasteiger partial charge in [0.2, 0.25) is 0 Å². The minimum absolute atomic E-state index is 0.0150. The van der Waals surface area contributed by atoms with E-state index in [0.717, 1.165) is 12.8 Å². The van der Waals surface area contributed by atoms with Crippen LogP contribution in [0.1, 0.15) is 50.4 Å². The first-order chi connectivity index (χ1) is 8.87. The topological polar surface area (TPSA) is 65.2 Å². The van der Waals surface area contributed by atoms with Gasteiger partial charge in [-0.15, -0.1) is 0 Å². The highest BCUT2D eigenvalue weighted by Gasteiger charge is 2.34. The molecule has 0 spiro atoms. The smallest absolute Gasteiger partial charge is 0.340 e. The Bertz CT molecular complexity index is 471. The Balaban J connectivity index is 2.05. The molecule has 1 heterocycles. The van der Waals surface area contributed by atoms with Crippen LogP contribution < -0.4 is 5.73 Å². The quantitative estimate of drug-likeness (QED) is 0.832. The number of hydrogen-bond donors (Lipinski definition) is 1. The molecule has 1 aliphatic rings. The van der Waals surface area contributed by atoms with Crippen LogP contribution >= 0.6 is 0 Å². The van der Waals surface area contributed by atoms with Crippen molar-refractivity contribution < 1.29 is 9.53 Å². The molecule has 1 fully saturated rings. The Hall–Kier alpha value is -1.58. The number of carbonyl (C=O) groups is 1. The van der Waals surface area contributed by atoms with Crippen LogP contribution in [0, 0.1) is 11.3 Å². The highest BCUT2D eigenvalue weighted by Crippen LogP contribution is 2.39. The molecule has 104 valence electrons. The van der Waals surface area contributed by atoms with E-state index in [1.54, 1.807) is 12.3 Å². The van der Waals surface area contributed by atoms with Crippen molar-refractivity contribution in [3.05, 3.63) is 24.0 Å². The molecule has 19 heavy (non-hydrogen) atoms. The van der Waals surface area contributed by atoms with E-state index in [-0.39, 0.29) is 17.5 Å². The van der Waals surface area contributed by atoms with Crippen molar-refractivity contribution in [3.8, 4) is 0 Å². The number of aromatic nitrogens is 1. The van der Waals surface area contributed by atoms with Crippen molar-refractivity contribution in [3.63, 3.8) is 0 Å². The zero-order valence-corrected chi connectivity index (χ0v) is 11.8. The van der Waals surface area contributed by atoms with E-state index in [1.165, 1.54) is 12.6 Å².